The van der Waals surface area contributed by atoms with Gasteiger partial charge in [0.2, 0.25) is 0 Å². The van der Waals surface area contributed by atoms with Crippen LogP contribution in [0.3, 0.4) is 0 Å². The molecule has 0 fully saturated rings. The molecule has 1 aromatic rings. The second-order valence-electron chi connectivity index (χ2n) is 2.31. The predicted molar refractivity (Wildman–Crippen MR) is 39.3 cm³/mol. The topological polar surface area (TPSA) is 70.9 Å². The largest absolute Gasteiger partial charge is 0.394 e. The molecule has 0 saturated carbocycles. The Bertz CT molecular complexity index is 261. The molecule has 0 unspecified atom stereocenters. The highest BCUT2D eigenvalue weighted by atomic mass is 16.3. The van der Waals surface area contributed by atoms with Crippen molar-refractivity contribution in [2.24, 2.45) is 0 Å². The quantitative estimate of drug-likeness (QED) is 0.622. The zero-order chi connectivity index (χ0) is 8.27. The van der Waals surface area contributed by atoms with Crippen LogP contribution in [0.15, 0.2) is 11.1 Å². The predicted octanol–water partition coefficient (Wildman–Crippen LogP) is -0.485. The number of rotatable bonds is 3. The molecule has 0 aromatic carbocycles. The molecule has 0 bridgehead atoms. The highest BCUT2D eigenvalue weighted by molar-refractivity contribution is 4.71. The maximum atomic E-state index is 10.9. The molecule has 1 aromatic heterocycles. The Balaban J connectivity index is 2.90. The van der Waals surface area contributed by atoms with Crippen molar-refractivity contribution in [3.63, 3.8) is 0 Å². The van der Waals surface area contributed by atoms with Crippen molar-refractivity contribution >= 4 is 0 Å². The van der Waals surface area contributed by atoms with E-state index in [1.807, 2.05) is 6.92 Å². The number of hydrogen-bond donors (Lipinski definition) is 2. The summed E-state index contributed by atoms with van der Waals surface area (Å²) in [4.78, 5) is 10.9. The fraction of sp³-hybridized carbons (Fsp3) is 0.667. The van der Waals surface area contributed by atoms with Gasteiger partial charge in [-0.2, -0.15) is 5.10 Å². The number of aromatic nitrogens is 3. The minimum atomic E-state index is -0.272. The molecule has 5 nitrogen and oxygen atoms in total. The van der Waals surface area contributed by atoms with E-state index in [4.69, 9.17) is 5.11 Å². The lowest BCUT2D eigenvalue weighted by molar-refractivity contribution is 0.222. The smallest absolute Gasteiger partial charge is 0.343 e. The van der Waals surface area contributed by atoms with Crippen LogP contribution in [0.4, 0.5) is 0 Å². The van der Waals surface area contributed by atoms with Crippen molar-refractivity contribution in [1.82, 2.24) is 14.8 Å². The Morgan fingerprint density at radius 3 is 3.00 bits per heavy atom. The van der Waals surface area contributed by atoms with Crippen molar-refractivity contribution < 1.29 is 5.11 Å². The highest BCUT2D eigenvalue weighted by Gasteiger charge is 2.08. The lowest BCUT2D eigenvalue weighted by atomic mass is 10.2. The van der Waals surface area contributed by atoms with Crippen LogP contribution < -0.4 is 5.69 Å². The van der Waals surface area contributed by atoms with Gasteiger partial charge in [0.05, 0.1) is 12.6 Å². The average molecular weight is 157 g/mol. The molecular weight excluding hydrogens is 146 g/mol. The standard InChI is InChI=1S/C6H11N3O2/c1-2-5(3-10)9-4-7-8-6(9)11/h4-5,10H,2-3H2,1H3,(H,8,11)/t5-/m0/s1. The lowest BCUT2D eigenvalue weighted by Crippen LogP contribution is -2.23. The molecule has 5 heteroatoms. The Kier molecular flexibility index (Phi) is 2.43. The van der Waals surface area contributed by atoms with E-state index in [-0.39, 0.29) is 18.3 Å². The van der Waals surface area contributed by atoms with Gasteiger partial charge in [-0.3, -0.25) is 4.57 Å². The van der Waals surface area contributed by atoms with Crippen LogP contribution in [0.2, 0.25) is 0 Å². The molecule has 0 aliphatic rings. The van der Waals surface area contributed by atoms with E-state index in [2.05, 4.69) is 10.2 Å². The third-order valence-corrected chi connectivity index (χ3v) is 1.65. The van der Waals surface area contributed by atoms with Gasteiger partial charge in [0.1, 0.15) is 6.33 Å². The molecule has 1 rings (SSSR count). The molecule has 62 valence electrons. The van der Waals surface area contributed by atoms with Crippen LogP contribution in [0.1, 0.15) is 19.4 Å². The summed E-state index contributed by atoms with van der Waals surface area (Å²) in [5, 5.41) is 14.6. The number of H-pyrrole nitrogens is 1. The summed E-state index contributed by atoms with van der Waals surface area (Å²) in [6.45, 7) is 1.87. The molecule has 0 aliphatic heterocycles. The van der Waals surface area contributed by atoms with E-state index in [0.29, 0.717) is 0 Å². The molecule has 1 heterocycles. The first-order valence-corrected chi connectivity index (χ1v) is 3.52. The number of nitrogens with one attached hydrogen (secondary N) is 1. The Morgan fingerprint density at radius 2 is 2.64 bits per heavy atom. The normalized spacial score (nSPS) is 13.3. The number of nitrogens with zero attached hydrogens (tertiary/aromatic N) is 2. The molecule has 1 atom stereocenters. The zero-order valence-corrected chi connectivity index (χ0v) is 6.32. The molecule has 2 N–H and O–H groups in total. The van der Waals surface area contributed by atoms with E-state index < -0.39 is 0 Å². The summed E-state index contributed by atoms with van der Waals surface area (Å²) in [7, 11) is 0. The fourth-order valence-electron chi connectivity index (χ4n) is 0.930. The van der Waals surface area contributed by atoms with E-state index in [9.17, 15) is 4.79 Å². The van der Waals surface area contributed by atoms with Gasteiger partial charge in [0.25, 0.3) is 0 Å². The van der Waals surface area contributed by atoms with Crippen molar-refractivity contribution in [2.45, 2.75) is 19.4 Å². The number of hydrogen-bond acceptors (Lipinski definition) is 3. The molecule has 0 radical (unpaired) electrons. The fourth-order valence-corrected chi connectivity index (χ4v) is 0.930. The summed E-state index contributed by atoms with van der Waals surface area (Å²) in [5.74, 6) is 0. The summed E-state index contributed by atoms with van der Waals surface area (Å²) < 4.78 is 1.39. The zero-order valence-electron chi connectivity index (χ0n) is 6.32. The monoisotopic (exact) mass is 157 g/mol. The van der Waals surface area contributed by atoms with Crippen molar-refractivity contribution in [3.8, 4) is 0 Å². The third-order valence-electron chi connectivity index (χ3n) is 1.65. The summed E-state index contributed by atoms with van der Waals surface area (Å²) in [6.07, 6.45) is 2.11. The third kappa shape index (κ3) is 1.48. The van der Waals surface area contributed by atoms with Gasteiger partial charge in [-0.15, -0.1) is 0 Å². The molecule has 0 spiro atoms. The van der Waals surface area contributed by atoms with Gasteiger partial charge in [-0.1, -0.05) is 6.92 Å². The first kappa shape index (κ1) is 8.00. The van der Waals surface area contributed by atoms with Gasteiger partial charge in [-0.25, -0.2) is 9.89 Å². The molecule has 0 aliphatic carbocycles. The maximum absolute atomic E-state index is 10.9. The summed E-state index contributed by atoms with van der Waals surface area (Å²) in [5.41, 5.74) is -0.272. The summed E-state index contributed by atoms with van der Waals surface area (Å²) in [6, 6.07) is -0.152. The maximum Gasteiger partial charge on any atom is 0.343 e. The van der Waals surface area contributed by atoms with Gasteiger partial charge < -0.3 is 5.11 Å². The minimum Gasteiger partial charge on any atom is -0.394 e. The van der Waals surface area contributed by atoms with Crippen LogP contribution in [0.25, 0.3) is 0 Å². The van der Waals surface area contributed by atoms with Crippen LogP contribution in [-0.2, 0) is 0 Å². The minimum absolute atomic E-state index is 0.0318. The first-order valence-electron chi connectivity index (χ1n) is 3.52. The molecule has 0 amide bonds. The molecule has 0 saturated heterocycles. The SMILES string of the molecule is CC[C@@H](CO)n1cn[nH]c1=O. The Hall–Kier alpha value is -1.10. The van der Waals surface area contributed by atoms with Crippen LogP contribution >= 0.6 is 0 Å². The average Bonchev–Trinajstić information content (AvgIpc) is 2.40. The van der Waals surface area contributed by atoms with E-state index in [1.54, 1.807) is 0 Å². The highest BCUT2D eigenvalue weighted by Crippen LogP contribution is 2.04. The van der Waals surface area contributed by atoms with E-state index in [0.717, 1.165) is 6.42 Å². The Labute approximate surface area is 63.7 Å². The van der Waals surface area contributed by atoms with E-state index >= 15 is 0 Å². The Morgan fingerprint density at radius 1 is 1.91 bits per heavy atom. The van der Waals surface area contributed by atoms with Gasteiger partial charge in [0, 0.05) is 0 Å². The second-order valence-corrected chi connectivity index (χ2v) is 2.31. The van der Waals surface area contributed by atoms with E-state index in [1.165, 1.54) is 10.9 Å². The molecular formula is C6H11N3O2. The van der Waals surface area contributed by atoms with Crippen molar-refractivity contribution in [1.29, 1.82) is 0 Å². The number of aliphatic hydroxyl groups excluding tert-OH is 1. The summed E-state index contributed by atoms with van der Waals surface area (Å²) >= 11 is 0. The first-order chi connectivity index (χ1) is 5.29. The van der Waals surface area contributed by atoms with Crippen LogP contribution in [-0.4, -0.2) is 26.5 Å². The lowest BCUT2D eigenvalue weighted by Gasteiger charge is -2.09. The van der Waals surface area contributed by atoms with Crippen molar-refractivity contribution in [2.75, 3.05) is 6.61 Å². The van der Waals surface area contributed by atoms with Gasteiger partial charge in [0.15, 0.2) is 0 Å². The van der Waals surface area contributed by atoms with Gasteiger partial charge >= 0.3 is 5.69 Å². The van der Waals surface area contributed by atoms with Crippen molar-refractivity contribution in [3.05, 3.63) is 16.8 Å². The second kappa shape index (κ2) is 3.34. The molecule has 11 heavy (non-hydrogen) atoms. The van der Waals surface area contributed by atoms with Gasteiger partial charge in [-0.05, 0) is 6.42 Å². The number of aromatic amines is 1. The number of aliphatic hydroxyl groups is 1. The van der Waals surface area contributed by atoms with Crippen LogP contribution in [0.5, 0.6) is 0 Å². The van der Waals surface area contributed by atoms with Crippen LogP contribution in [0, 0.1) is 0 Å².